The maximum absolute atomic E-state index is 12.7. The van der Waals surface area contributed by atoms with Crippen LogP contribution in [0.25, 0.3) is 12.2 Å². The molecule has 0 bridgehead atoms. The fraction of sp³-hybridized carbons (Fsp3) is 0.321. The van der Waals surface area contributed by atoms with E-state index in [1.807, 2.05) is 0 Å². The number of benzene rings is 2. The lowest BCUT2D eigenvalue weighted by Gasteiger charge is -2.41. The van der Waals surface area contributed by atoms with Gasteiger partial charge in [0.2, 0.25) is 0 Å². The fourth-order valence-corrected chi connectivity index (χ4v) is 3.94. The van der Waals surface area contributed by atoms with Crippen LogP contribution in [0.15, 0.2) is 48.6 Å². The van der Waals surface area contributed by atoms with Crippen molar-refractivity contribution in [3.8, 4) is 23.0 Å². The number of hydrogen-bond donors (Lipinski definition) is 7. The van der Waals surface area contributed by atoms with Crippen LogP contribution in [0.4, 0.5) is 0 Å². The summed E-state index contributed by atoms with van der Waals surface area (Å²) < 4.78 is 15.5. The summed E-state index contributed by atoms with van der Waals surface area (Å²) >= 11 is 0. The third kappa shape index (κ3) is 8.20. The molecule has 41 heavy (non-hydrogen) atoms. The highest BCUT2D eigenvalue weighted by atomic mass is 16.6. The second-order valence-electron chi connectivity index (χ2n) is 9.44. The van der Waals surface area contributed by atoms with Crippen LogP contribution in [0.3, 0.4) is 0 Å². The van der Waals surface area contributed by atoms with E-state index in [0.717, 1.165) is 12.2 Å². The molecule has 13 nitrogen and oxygen atoms in total. The fourth-order valence-electron chi connectivity index (χ4n) is 3.94. The van der Waals surface area contributed by atoms with Gasteiger partial charge in [0.25, 0.3) is 0 Å². The van der Waals surface area contributed by atoms with Crippen LogP contribution in [0.1, 0.15) is 30.9 Å². The normalized spacial score (nSPS) is 23.3. The lowest BCUT2D eigenvalue weighted by atomic mass is 9.79. The minimum Gasteiger partial charge on any atom is -0.504 e. The molecule has 0 spiro atoms. The van der Waals surface area contributed by atoms with E-state index in [9.17, 15) is 50.1 Å². The average Bonchev–Trinajstić information content (AvgIpc) is 2.92. The summed E-state index contributed by atoms with van der Waals surface area (Å²) in [6, 6.07) is 7.54. The Balaban J connectivity index is 1.78. The molecule has 0 aliphatic heterocycles. The van der Waals surface area contributed by atoms with Gasteiger partial charge in [0.05, 0.1) is 6.61 Å². The second-order valence-corrected chi connectivity index (χ2v) is 9.44. The van der Waals surface area contributed by atoms with Gasteiger partial charge >= 0.3 is 17.9 Å². The molecule has 1 unspecified atom stereocenters. The minimum absolute atomic E-state index is 0.319. The molecule has 0 saturated heterocycles. The molecule has 3 atom stereocenters. The number of carbonyl (C=O) groups excluding carboxylic acids is 3. The summed E-state index contributed by atoms with van der Waals surface area (Å²) in [6.07, 6.45) is -2.66. The lowest BCUT2D eigenvalue weighted by Crippen LogP contribution is -2.58. The van der Waals surface area contributed by atoms with Gasteiger partial charge in [-0.15, -0.1) is 0 Å². The van der Waals surface area contributed by atoms with E-state index >= 15 is 0 Å². The molecule has 0 heterocycles. The van der Waals surface area contributed by atoms with E-state index in [4.69, 9.17) is 14.2 Å². The summed E-state index contributed by atoms with van der Waals surface area (Å²) in [5.41, 5.74) is -1.74. The van der Waals surface area contributed by atoms with Crippen LogP contribution in [-0.2, 0) is 28.6 Å². The highest BCUT2D eigenvalue weighted by Gasteiger charge is 2.53. The molecular formula is C28H30O13. The summed E-state index contributed by atoms with van der Waals surface area (Å²) in [6.45, 7) is 0.822. The standard InChI is InChI=1S/C28H30O13/c1-15(14-29)39-27(37)28(38)12-22(40-24(34)8-4-16-2-6-18(30)20(32)10-16)26(36)23(13-28)41-25(35)9-5-17-3-7-19(31)21(33)11-17/h2-11,15,22-23,26,29-33,36,38H,12-14H2,1H3/b8-4+,9-5+/t15?,22-,23-,26?,28?/m1/s1. The number of aliphatic hydroxyl groups excluding tert-OH is 2. The van der Waals surface area contributed by atoms with E-state index in [2.05, 4.69) is 0 Å². The molecule has 0 amide bonds. The molecule has 0 radical (unpaired) electrons. The SMILES string of the molecule is CC(CO)OC(=O)C1(O)C[C@@H](OC(=O)/C=C/c2ccc(O)c(O)c2)C(O)[C@H](OC(=O)/C=C/c2ccc(O)c(O)c2)C1. The van der Waals surface area contributed by atoms with Crippen LogP contribution >= 0.6 is 0 Å². The van der Waals surface area contributed by atoms with Crippen molar-refractivity contribution < 1.29 is 64.3 Å². The van der Waals surface area contributed by atoms with E-state index in [1.165, 1.54) is 55.5 Å². The molecule has 3 rings (SSSR count). The molecule has 0 aromatic heterocycles. The van der Waals surface area contributed by atoms with Crippen molar-refractivity contribution >= 4 is 30.1 Å². The smallest absolute Gasteiger partial charge is 0.338 e. The van der Waals surface area contributed by atoms with Crippen molar-refractivity contribution in [2.75, 3.05) is 6.61 Å². The monoisotopic (exact) mass is 574 g/mol. The van der Waals surface area contributed by atoms with Gasteiger partial charge in [0, 0.05) is 25.0 Å². The van der Waals surface area contributed by atoms with Crippen molar-refractivity contribution in [3.05, 3.63) is 59.7 Å². The van der Waals surface area contributed by atoms with Gasteiger partial charge in [-0.25, -0.2) is 14.4 Å². The molecular weight excluding hydrogens is 544 g/mol. The Labute approximate surface area is 233 Å². The molecule has 2 aromatic carbocycles. The third-order valence-corrected chi connectivity index (χ3v) is 6.14. The molecule has 1 aliphatic rings. The largest absolute Gasteiger partial charge is 0.504 e. The van der Waals surface area contributed by atoms with Crippen LogP contribution in [0.5, 0.6) is 23.0 Å². The predicted octanol–water partition coefficient (Wildman–Crippen LogP) is 0.869. The average molecular weight is 575 g/mol. The van der Waals surface area contributed by atoms with E-state index in [-0.39, 0.29) is 11.5 Å². The summed E-state index contributed by atoms with van der Waals surface area (Å²) in [5.74, 6) is -4.81. The Morgan fingerprint density at radius 1 is 0.854 bits per heavy atom. The quantitative estimate of drug-likeness (QED) is 0.0957. The van der Waals surface area contributed by atoms with Crippen LogP contribution in [-0.4, -0.2) is 90.3 Å². The molecule has 220 valence electrons. The first-order valence-corrected chi connectivity index (χ1v) is 12.3. The van der Waals surface area contributed by atoms with E-state index in [1.54, 1.807) is 0 Å². The first-order chi connectivity index (χ1) is 19.3. The van der Waals surface area contributed by atoms with Crippen molar-refractivity contribution in [1.82, 2.24) is 0 Å². The number of esters is 3. The van der Waals surface area contributed by atoms with Crippen LogP contribution in [0.2, 0.25) is 0 Å². The van der Waals surface area contributed by atoms with Crippen molar-refractivity contribution in [3.63, 3.8) is 0 Å². The van der Waals surface area contributed by atoms with E-state index in [0.29, 0.717) is 11.1 Å². The van der Waals surface area contributed by atoms with Gasteiger partial charge in [-0.1, -0.05) is 12.1 Å². The summed E-state index contributed by atoms with van der Waals surface area (Å²) in [4.78, 5) is 37.7. The van der Waals surface area contributed by atoms with Crippen molar-refractivity contribution in [1.29, 1.82) is 0 Å². The Hall–Kier alpha value is -4.59. The number of rotatable bonds is 9. The maximum Gasteiger partial charge on any atom is 0.338 e. The van der Waals surface area contributed by atoms with Crippen LogP contribution in [0, 0.1) is 0 Å². The van der Waals surface area contributed by atoms with Gasteiger partial charge in [-0.2, -0.15) is 0 Å². The number of phenols is 4. The van der Waals surface area contributed by atoms with E-state index < -0.39 is 78.9 Å². The molecule has 1 saturated carbocycles. The number of hydrogen-bond acceptors (Lipinski definition) is 13. The molecule has 1 aliphatic carbocycles. The topological polar surface area (TPSA) is 221 Å². The zero-order chi connectivity index (χ0) is 30.3. The van der Waals surface area contributed by atoms with Gasteiger partial charge in [0.15, 0.2) is 28.6 Å². The molecule has 2 aromatic rings. The zero-order valence-electron chi connectivity index (χ0n) is 21.8. The number of phenolic OH excluding ortho intramolecular Hbond substituents is 4. The van der Waals surface area contributed by atoms with Gasteiger partial charge in [-0.05, 0) is 54.5 Å². The number of ether oxygens (including phenoxy) is 3. The molecule has 13 heteroatoms. The molecule has 7 N–H and O–H groups in total. The van der Waals surface area contributed by atoms with Crippen molar-refractivity contribution in [2.45, 2.75) is 49.8 Å². The Morgan fingerprint density at radius 3 is 1.68 bits per heavy atom. The predicted molar refractivity (Wildman–Crippen MR) is 140 cm³/mol. The first-order valence-electron chi connectivity index (χ1n) is 12.3. The highest BCUT2D eigenvalue weighted by molar-refractivity contribution is 5.88. The minimum atomic E-state index is -2.38. The molecule has 1 fully saturated rings. The number of aromatic hydroxyl groups is 4. The van der Waals surface area contributed by atoms with Crippen molar-refractivity contribution in [2.24, 2.45) is 0 Å². The van der Waals surface area contributed by atoms with Gasteiger partial charge < -0.3 is 50.0 Å². The maximum atomic E-state index is 12.7. The van der Waals surface area contributed by atoms with Gasteiger partial charge in [-0.3, -0.25) is 0 Å². The number of carbonyl (C=O) groups is 3. The first kappa shape index (κ1) is 30.9. The Kier molecular flexibility index (Phi) is 9.94. The lowest BCUT2D eigenvalue weighted by molar-refractivity contribution is -0.209. The Bertz CT molecular complexity index is 1250. The summed E-state index contributed by atoms with van der Waals surface area (Å²) in [5, 5.41) is 69.1. The second kappa shape index (κ2) is 13.2. The number of aliphatic hydroxyl groups is 3. The highest BCUT2D eigenvalue weighted by Crippen LogP contribution is 2.34. The van der Waals surface area contributed by atoms with Crippen LogP contribution < -0.4 is 0 Å². The Morgan fingerprint density at radius 2 is 1.29 bits per heavy atom. The zero-order valence-corrected chi connectivity index (χ0v) is 21.8. The third-order valence-electron chi connectivity index (χ3n) is 6.14. The van der Waals surface area contributed by atoms with Gasteiger partial charge in [0.1, 0.15) is 24.4 Å². The summed E-state index contributed by atoms with van der Waals surface area (Å²) in [7, 11) is 0.